The number of phenolic OH excluding ortho intramolecular Hbond substituents is 25. The summed E-state index contributed by atoms with van der Waals surface area (Å²) in [6, 6.07) is 4.88. The van der Waals surface area contributed by atoms with E-state index in [1.54, 1.807) is 0 Å². The first kappa shape index (κ1) is 86.0. The molecule has 0 radical (unpaired) electrons. The van der Waals surface area contributed by atoms with Crippen molar-refractivity contribution in [3.05, 3.63) is 135 Å². The first-order chi connectivity index (χ1) is 58.3. The Morgan fingerprint density at radius 1 is 0.331 bits per heavy atom. The van der Waals surface area contributed by atoms with Crippen LogP contribution in [0.25, 0.3) is 11.1 Å². The molecule has 10 unspecified atom stereocenters. The van der Waals surface area contributed by atoms with Crippen molar-refractivity contribution in [3.63, 3.8) is 0 Å². The Kier molecular flexibility index (Phi) is 22.8. The van der Waals surface area contributed by atoms with E-state index in [0.717, 1.165) is 0 Å². The van der Waals surface area contributed by atoms with Gasteiger partial charge in [0.1, 0.15) is 36.0 Å². The maximum absolute atomic E-state index is 15.4. The molecule has 0 amide bonds. The lowest BCUT2D eigenvalue weighted by Crippen LogP contribution is -2.63. The highest BCUT2D eigenvalue weighted by atomic mass is 16.8. The van der Waals surface area contributed by atoms with E-state index in [1.807, 2.05) is 0 Å². The van der Waals surface area contributed by atoms with Crippen molar-refractivity contribution in [1.29, 1.82) is 0 Å². The molecule has 9 aromatic carbocycles. The molecule has 0 spiro atoms. The van der Waals surface area contributed by atoms with Gasteiger partial charge in [-0.1, -0.05) is 0 Å². The number of carboxylic acid groups (broad SMARTS) is 1. The minimum Gasteiger partial charge on any atom is -0.504 e. The minimum atomic E-state index is -3.06. The molecule has 28 N–H and O–H groups in total. The van der Waals surface area contributed by atoms with Crippen LogP contribution in [0.5, 0.6) is 167 Å². The Labute approximate surface area is 682 Å². The number of benzene rings is 9. The summed E-state index contributed by atoms with van der Waals surface area (Å²) in [6.45, 7) is -2.95. The third-order valence-corrected chi connectivity index (χ3v) is 18.4. The molecule has 2 saturated heterocycles. The summed E-state index contributed by atoms with van der Waals surface area (Å²) in [7, 11) is 0. The Morgan fingerprint density at radius 2 is 0.645 bits per heavy atom. The van der Waals surface area contributed by atoms with Gasteiger partial charge in [-0.05, 0) is 72.8 Å². The van der Waals surface area contributed by atoms with Crippen LogP contribution in [-0.2, 0) is 47.4 Å². The fourth-order valence-corrected chi connectivity index (χ4v) is 12.3. The van der Waals surface area contributed by atoms with Crippen LogP contribution in [-0.4, -0.2) is 271 Å². The van der Waals surface area contributed by atoms with Crippen molar-refractivity contribution >= 4 is 53.7 Å². The molecule has 2 fully saturated rings. The molecule has 0 bridgehead atoms. The zero-order valence-electron chi connectivity index (χ0n) is 60.9. The molecule has 10 atom stereocenters. The van der Waals surface area contributed by atoms with E-state index in [2.05, 4.69) is 0 Å². The third-order valence-electron chi connectivity index (χ3n) is 18.4. The van der Waals surface area contributed by atoms with Gasteiger partial charge < -0.3 is 200 Å². The molecule has 3 heterocycles. The Morgan fingerprint density at radius 3 is 1.05 bits per heavy atom. The average Bonchev–Trinajstić information content (AvgIpc) is 1.23. The van der Waals surface area contributed by atoms with Crippen molar-refractivity contribution in [2.45, 2.75) is 61.4 Å². The summed E-state index contributed by atoms with van der Waals surface area (Å²) in [6.07, 6.45) is -27.5. The first-order valence-corrected chi connectivity index (χ1v) is 34.1. The van der Waals surface area contributed by atoms with Crippen molar-refractivity contribution in [2.75, 3.05) is 13.2 Å². The first-order valence-electron chi connectivity index (χ1n) is 34.1. The molecule has 49 nitrogen and oxygen atoms in total. The number of hydrogen-bond acceptors (Lipinski definition) is 48. The molecule has 12 rings (SSSR count). The van der Waals surface area contributed by atoms with Gasteiger partial charge in [-0.2, -0.15) is 0 Å². The zero-order chi connectivity index (χ0) is 90.9. The number of fused-ring (bicyclic) bond motifs is 4. The summed E-state index contributed by atoms with van der Waals surface area (Å²) >= 11 is 0. The molecule has 9 aromatic rings. The second kappa shape index (κ2) is 32.9. The fraction of sp³-hybridized carbons (Fsp3) is 0.160. The number of esters is 8. The highest BCUT2D eigenvalue weighted by molar-refractivity contribution is 6.09. The van der Waals surface area contributed by atoms with Crippen LogP contribution < -0.4 is 9.47 Å². The topological polar surface area (TPSA) is 831 Å². The quantitative estimate of drug-likeness (QED) is 0.0333. The molecular weight excluding hydrogens is 1680 g/mol. The highest BCUT2D eigenvalue weighted by Crippen LogP contribution is 2.56. The molecular formula is C75H56O49. The number of rotatable bonds is 18. The van der Waals surface area contributed by atoms with Crippen LogP contribution in [0.1, 0.15) is 93.2 Å². The molecule has 0 saturated carbocycles. The number of aliphatic hydroxyl groups excluding tert-OH is 2. The molecule has 124 heavy (non-hydrogen) atoms. The summed E-state index contributed by atoms with van der Waals surface area (Å²) in [5.74, 6) is -59.3. The lowest BCUT2D eigenvalue weighted by molar-refractivity contribution is -0.283. The number of cyclic esters (lactones) is 1. The van der Waals surface area contributed by atoms with Crippen molar-refractivity contribution < 1.29 is 243 Å². The second-order valence-corrected chi connectivity index (χ2v) is 26.3. The van der Waals surface area contributed by atoms with Gasteiger partial charge in [-0.15, -0.1) is 0 Å². The molecule has 650 valence electrons. The van der Waals surface area contributed by atoms with Crippen LogP contribution in [0.3, 0.4) is 0 Å². The van der Waals surface area contributed by atoms with Gasteiger partial charge >= 0.3 is 53.7 Å². The van der Waals surface area contributed by atoms with Crippen molar-refractivity contribution in [1.82, 2.24) is 0 Å². The summed E-state index contributed by atoms with van der Waals surface area (Å²) < 4.78 is 67.2. The van der Waals surface area contributed by atoms with E-state index in [4.69, 9.17) is 56.8 Å². The van der Waals surface area contributed by atoms with Crippen molar-refractivity contribution in [2.24, 2.45) is 0 Å². The van der Waals surface area contributed by atoms with Gasteiger partial charge in [-0.25, -0.2) is 43.2 Å². The predicted octanol–water partition coefficient (Wildman–Crippen LogP) is 2.69. The van der Waals surface area contributed by atoms with Crippen LogP contribution in [0.15, 0.2) is 84.9 Å². The Balaban J connectivity index is 0.956. The van der Waals surface area contributed by atoms with E-state index >= 15 is 9.59 Å². The van der Waals surface area contributed by atoms with Gasteiger partial charge in [0.15, 0.2) is 139 Å². The lowest BCUT2D eigenvalue weighted by atomic mass is 9.92. The van der Waals surface area contributed by atoms with Crippen LogP contribution >= 0.6 is 0 Å². The smallest absolute Gasteiger partial charge is 0.342 e. The average molecular weight is 1740 g/mol. The largest absolute Gasteiger partial charge is 0.504 e. The van der Waals surface area contributed by atoms with Crippen LogP contribution in [0.2, 0.25) is 0 Å². The van der Waals surface area contributed by atoms with Gasteiger partial charge in [0.25, 0.3) is 0 Å². The number of aliphatic hydroxyl groups is 2. The number of aromatic hydroxyl groups is 25. The standard InChI is InChI=1S/C75H56O49/c76-15-40-53(98)61(119-66(105)18-2-26(77)44(89)27(78)3-18)63(121-72(111)24-13-36(87)51(96)56(101)58(24)114-38-9-17(65(103)104)1-32(83)47(38)92)74(116-40)124-69(108)21-8-33(84)48(93)39(10-21)115-59-25(14-37(88)52(97)57(59)102)73(112)122-64-62(120-67(106)19-4-28(79)45(90)29(80)5-19)60-41(117-75(64)123-68(107)20-6-30(81)46(91)31(82)7-20)16-113-70(109)22-11-34(85)49(94)54(99)42(22)43-23(71(110)118-60)12-35(86)50(95)55(43)100/h1-14,40-41,53,60-64,74-102H,15-16H2,(H,103,104). The number of carboxylic acids is 1. The Bertz CT molecular complexity index is 5940. The zero-order valence-corrected chi connectivity index (χ0v) is 60.9. The maximum Gasteiger partial charge on any atom is 0.342 e. The van der Waals surface area contributed by atoms with Gasteiger partial charge in [0.2, 0.25) is 70.8 Å². The second-order valence-electron chi connectivity index (χ2n) is 26.3. The minimum absolute atomic E-state index is 0.104. The van der Waals surface area contributed by atoms with E-state index in [0.29, 0.717) is 54.6 Å². The normalized spacial score (nSPS) is 19.1. The number of ether oxygens (including phenoxy) is 12. The maximum atomic E-state index is 15.4. The predicted molar refractivity (Wildman–Crippen MR) is 383 cm³/mol. The monoisotopic (exact) mass is 1740 g/mol. The van der Waals surface area contributed by atoms with E-state index in [9.17, 15) is 177 Å². The molecule has 3 aliphatic rings. The SMILES string of the molecule is O=C(O)c1cc(O)c(O)c(Oc2c(C(=O)OC3C(OC(=O)c4cc(O)c(O)c(Oc5c(C(=O)OC6C(OC(=O)c7cc(O)c(O)c(O)c7)OC7COC(=O)c8cc(O)c(O)c(O)c8-c8c(cc(O)c(O)c8O)C(=O)OC7C6OC(=O)c6cc(O)c(O)c(O)c6)cc(O)c(O)c5O)c4)OC(CO)C(O)C3OC(=O)c3cc(O)c(O)c(O)c3)cc(O)c(O)c2O)c1. The molecule has 3 aliphatic heterocycles. The number of aromatic carboxylic acids is 1. The third kappa shape index (κ3) is 15.9. The number of hydrogen-bond donors (Lipinski definition) is 28. The van der Waals surface area contributed by atoms with Gasteiger partial charge in [0.05, 0.1) is 45.6 Å². The van der Waals surface area contributed by atoms with E-state index < -0.39 is 356 Å². The number of carbonyl (C=O) groups excluding carboxylic acids is 8. The van der Waals surface area contributed by atoms with Crippen LogP contribution in [0.4, 0.5) is 0 Å². The summed E-state index contributed by atoms with van der Waals surface area (Å²) in [4.78, 5) is 129. The number of phenols is 25. The van der Waals surface area contributed by atoms with E-state index in [-0.39, 0.29) is 30.3 Å². The Hall–Kier alpha value is -17.3. The number of carbonyl (C=O) groups is 9. The summed E-state index contributed by atoms with van der Waals surface area (Å²) in [5, 5.41) is 301. The van der Waals surface area contributed by atoms with Crippen LogP contribution in [0, 0.1) is 0 Å². The van der Waals surface area contributed by atoms with Gasteiger partial charge in [-0.3, -0.25) is 0 Å². The fourth-order valence-electron chi connectivity index (χ4n) is 12.3. The molecule has 0 aliphatic carbocycles. The summed E-state index contributed by atoms with van der Waals surface area (Å²) in [5.41, 5.74) is -13.0. The molecule has 49 heteroatoms. The van der Waals surface area contributed by atoms with E-state index in [1.165, 1.54) is 0 Å². The molecule has 0 aromatic heterocycles. The van der Waals surface area contributed by atoms with Gasteiger partial charge in [0, 0.05) is 23.3 Å². The lowest BCUT2D eigenvalue weighted by Gasteiger charge is -2.43. The highest BCUT2D eigenvalue weighted by Gasteiger charge is 2.57. The van der Waals surface area contributed by atoms with Crippen molar-refractivity contribution in [3.8, 4) is 178 Å².